The number of aliphatic hydroxyl groups excluding tert-OH is 1. The molecule has 9 heteroatoms. The van der Waals surface area contributed by atoms with E-state index in [9.17, 15) is 23.1 Å². The zero-order valence-corrected chi connectivity index (χ0v) is 14.9. The molecule has 1 aromatic carbocycles. The fourth-order valence-electron chi connectivity index (χ4n) is 3.14. The second-order valence-corrected chi connectivity index (χ2v) is 8.39. The average molecular weight is 367 g/mol. The standard InChI is InChI=1S/C16H21N3O5S/c1-10-3-5-12(6-4-10)25(23,24)18-7-8-19-13(9-18)15(21)17-14(11(2)20)16(19)22/h3-6,11,13-14,20H,7-9H2,1-2H3,(H,17,21)/t11-,13-,14+/m1/s1. The van der Waals surface area contributed by atoms with Gasteiger partial charge in [0.15, 0.2) is 0 Å². The number of amides is 2. The molecule has 2 aliphatic heterocycles. The van der Waals surface area contributed by atoms with Crippen molar-refractivity contribution in [1.82, 2.24) is 14.5 Å². The second kappa shape index (κ2) is 6.40. The molecule has 3 atom stereocenters. The Morgan fingerprint density at radius 3 is 2.44 bits per heavy atom. The third-order valence-electron chi connectivity index (χ3n) is 4.63. The van der Waals surface area contributed by atoms with Crippen molar-refractivity contribution in [2.45, 2.75) is 36.9 Å². The van der Waals surface area contributed by atoms with Gasteiger partial charge in [0.2, 0.25) is 21.8 Å². The Labute approximate surface area is 146 Å². The number of nitrogens with one attached hydrogen (secondary N) is 1. The fourth-order valence-corrected chi connectivity index (χ4v) is 4.58. The van der Waals surface area contributed by atoms with Crippen LogP contribution in [0.3, 0.4) is 0 Å². The summed E-state index contributed by atoms with van der Waals surface area (Å²) in [5, 5.41) is 12.1. The SMILES string of the molecule is Cc1ccc(S(=O)(=O)N2CCN3C(=O)[C@H]([C@@H](C)O)NC(=O)[C@H]3C2)cc1. The van der Waals surface area contributed by atoms with Gasteiger partial charge < -0.3 is 15.3 Å². The Morgan fingerprint density at radius 1 is 1.20 bits per heavy atom. The fraction of sp³-hybridized carbons (Fsp3) is 0.500. The predicted octanol–water partition coefficient (Wildman–Crippen LogP) is -0.924. The van der Waals surface area contributed by atoms with Crippen LogP contribution in [0.1, 0.15) is 12.5 Å². The van der Waals surface area contributed by atoms with Crippen LogP contribution in [0.15, 0.2) is 29.2 Å². The molecule has 0 saturated carbocycles. The van der Waals surface area contributed by atoms with Crippen molar-refractivity contribution in [1.29, 1.82) is 0 Å². The lowest BCUT2D eigenvalue weighted by Crippen LogP contribution is -2.71. The van der Waals surface area contributed by atoms with Crippen LogP contribution >= 0.6 is 0 Å². The van der Waals surface area contributed by atoms with Gasteiger partial charge in [-0.1, -0.05) is 17.7 Å². The summed E-state index contributed by atoms with van der Waals surface area (Å²) < 4.78 is 26.8. The Kier molecular flexibility index (Phi) is 4.56. The first kappa shape index (κ1) is 17.8. The van der Waals surface area contributed by atoms with Crippen molar-refractivity contribution >= 4 is 21.8 Å². The highest BCUT2D eigenvalue weighted by Gasteiger charge is 2.46. The summed E-state index contributed by atoms with van der Waals surface area (Å²) in [6.07, 6.45) is -1.01. The van der Waals surface area contributed by atoms with Gasteiger partial charge in [-0.2, -0.15) is 4.31 Å². The van der Waals surface area contributed by atoms with Crippen molar-refractivity contribution in [2.75, 3.05) is 19.6 Å². The number of sulfonamides is 1. The highest BCUT2D eigenvalue weighted by Crippen LogP contribution is 2.23. The number of fused-ring (bicyclic) bond motifs is 1. The lowest BCUT2D eigenvalue weighted by Gasteiger charge is -2.45. The minimum Gasteiger partial charge on any atom is -0.391 e. The van der Waals surface area contributed by atoms with Crippen LogP contribution in [-0.2, 0) is 19.6 Å². The molecule has 2 amide bonds. The summed E-state index contributed by atoms with van der Waals surface area (Å²) in [5.74, 6) is -0.832. The van der Waals surface area contributed by atoms with Gasteiger partial charge in [0, 0.05) is 19.6 Å². The van der Waals surface area contributed by atoms with E-state index in [0.717, 1.165) is 5.56 Å². The van der Waals surface area contributed by atoms with Gasteiger partial charge >= 0.3 is 0 Å². The molecule has 2 N–H and O–H groups in total. The molecule has 2 aliphatic rings. The summed E-state index contributed by atoms with van der Waals surface area (Å²) in [6, 6.07) is 4.64. The Morgan fingerprint density at radius 2 is 1.84 bits per heavy atom. The predicted molar refractivity (Wildman–Crippen MR) is 89.1 cm³/mol. The van der Waals surface area contributed by atoms with E-state index >= 15 is 0 Å². The third-order valence-corrected chi connectivity index (χ3v) is 6.51. The summed E-state index contributed by atoms with van der Waals surface area (Å²) >= 11 is 0. The number of nitrogens with zero attached hydrogens (tertiary/aromatic N) is 2. The number of carbonyl (C=O) groups excluding carboxylic acids is 2. The first-order chi connectivity index (χ1) is 11.7. The molecule has 3 rings (SSSR count). The van der Waals surface area contributed by atoms with Crippen molar-refractivity contribution in [3.8, 4) is 0 Å². The van der Waals surface area contributed by atoms with Crippen LogP contribution in [0.2, 0.25) is 0 Å². The Hall–Kier alpha value is -1.97. The van der Waals surface area contributed by atoms with E-state index in [2.05, 4.69) is 5.32 Å². The van der Waals surface area contributed by atoms with Crippen molar-refractivity contribution in [2.24, 2.45) is 0 Å². The maximum atomic E-state index is 12.8. The smallest absolute Gasteiger partial charge is 0.248 e. The van der Waals surface area contributed by atoms with Gasteiger partial charge in [0.05, 0.1) is 11.0 Å². The summed E-state index contributed by atoms with van der Waals surface area (Å²) in [5.41, 5.74) is 0.949. The van der Waals surface area contributed by atoms with E-state index in [1.54, 1.807) is 12.1 Å². The largest absolute Gasteiger partial charge is 0.391 e. The monoisotopic (exact) mass is 367 g/mol. The number of benzene rings is 1. The minimum absolute atomic E-state index is 0.0969. The molecule has 0 aromatic heterocycles. The number of rotatable bonds is 3. The number of hydrogen-bond donors (Lipinski definition) is 2. The number of aryl methyl sites for hydroxylation is 1. The molecule has 0 radical (unpaired) electrons. The number of aliphatic hydroxyl groups is 1. The zero-order chi connectivity index (χ0) is 18.4. The van der Waals surface area contributed by atoms with Gasteiger partial charge in [-0.3, -0.25) is 9.59 Å². The quantitative estimate of drug-likeness (QED) is 0.718. The molecular weight excluding hydrogens is 346 g/mol. The lowest BCUT2D eigenvalue weighted by molar-refractivity contribution is -0.154. The van der Waals surface area contributed by atoms with Crippen molar-refractivity contribution in [3.63, 3.8) is 0 Å². The number of carbonyl (C=O) groups is 2. The van der Waals surface area contributed by atoms with E-state index in [-0.39, 0.29) is 30.4 Å². The summed E-state index contributed by atoms with van der Waals surface area (Å²) in [6.45, 7) is 3.43. The minimum atomic E-state index is -3.73. The molecule has 2 fully saturated rings. The van der Waals surface area contributed by atoms with Crippen LogP contribution in [0.4, 0.5) is 0 Å². The third kappa shape index (κ3) is 3.14. The molecule has 136 valence electrons. The maximum absolute atomic E-state index is 12.8. The maximum Gasteiger partial charge on any atom is 0.248 e. The molecule has 1 aromatic rings. The zero-order valence-electron chi connectivity index (χ0n) is 14.0. The molecule has 8 nitrogen and oxygen atoms in total. The van der Waals surface area contributed by atoms with Crippen LogP contribution < -0.4 is 5.32 Å². The van der Waals surface area contributed by atoms with Gasteiger partial charge in [0.25, 0.3) is 0 Å². The van der Waals surface area contributed by atoms with E-state index in [1.165, 1.54) is 28.3 Å². The van der Waals surface area contributed by atoms with Gasteiger partial charge in [-0.25, -0.2) is 8.42 Å². The topological polar surface area (TPSA) is 107 Å². The van der Waals surface area contributed by atoms with Crippen molar-refractivity contribution in [3.05, 3.63) is 29.8 Å². The molecular formula is C16H21N3O5S. The van der Waals surface area contributed by atoms with E-state index in [1.807, 2.05) is 6.92 Å². The van der Waals surface area contributed by atoms with Crippen LogP contribution in [0.5, 0.6) is 0 Å². The average Bonchev–Trinajstić information content (AvgIpc) is 2.57. The summed E-state index contributed by atoms with van der Waals surface area (Å²) in [7, 11) is -3.73. The van der Waals surface area contributed by atoms with Crippen LogP contribution in [-0.4, -0.2) is 72.4 Å². The molecule has 25 heavy (non-hydrogen) atoms. The highest BCUT2D eigenvalue weighted by molar-refractivity contribution is 7.89. The molecule has 0 aliphatic carbocycles. The molecule has 0 unspecified atom stereocenters. The van der Waals surface area contributed by atoms with Gasteiger partial charge in [-0.05, 0) is 26.0 Å². The first-order valence-electron chi connectivity index (χ1n) is 8.07. The summed E-state index contributed by atoms with van der Waals surface area (Å²) in [4.78, 5) is 26.2. The van der Waals surface area contributed by atoms with Crippen molar-refractivity contribution < 1.29 is 23.1 Å². The highest BCUT2D eigenvalue weighted by atomic mass is 32.2. The molecule has 2 heterocycles. The normalized spacial score (nSPS) is 26.1. The van der Waals surface area contributed by atoms with Crippen LogP contribution in [0, 0.1) is 6.92 Å². The van der Waals surface area contributed by atoms with Gasteiger partial charge in [0.1, 0.15) is 12.1 Å². The first-order valence-corrected chi connectivity index (χ1v) is 9.51. The molecule has 0 spiro atoms. The number of piperazine rings is 2. The lowest BCUT2D eigenvalue weighted by atomic mass is 10.0. The second-order valence-electron chi connectivity index (χ2n) is 6.45. The Bertz CT molecular complexity index is 790. The van der Waals surface area contributed by atoms with Gasteiger partial charge in [-0.15, -0.1) is 0 Å². The molecule has 2 saturated heterocycles. The van der Waals surface area contributed by atoms with E-state index in [4.69, 9.17) is 0 Å². The van der Waals surface area contributed by atoms with E-state index < -0.39 is 34.1 Å². The van der Waals surface area contributed by atoms with E-state index in [0.29, 0.717) is 0 Å². The Balaban J connectivity index is 1.82. The number of hydrogen-bond acceptors (Lipinski definition) is 5. The van der Waals surface area contributed by atoms with Crippen LogP contribution in [0.25, 0.3) is 0 Å². The molecule has 0 bridgehead atoms.